The summed E-state index contributed by atoms with van der Waals surface area (Å²) >= 11 is 0. The molecule has 0 fully saturated rings. The molecule has 0 amide bonds. The predicted molar refractivity (Wildman–Crippen MR) is 61.9 cm³/mol. The average Bonchev–Trinajstić information content (AvgIpc) is 2.25. The van der Waals surface area contributed by atoms with Gasteiger partial charge in [0.2, 0.25) is 10.0 Å². The van der Waals surface area contributed by atoms with Crippen molar-refractivity contribution in [3.05, 3.63) is 29.8 Å². The van der Waals surface area contributed by atoms with Gasteiger partial charge < -0.3 is 9.84 Å². The highest BCUT2D eigenvalue weighted by Crippen LogP contribution is 2.19. The van der Waals surface area contributed by atoms with Gasteiger partial charge in [0.25, 0.3) is 0 Å². The number of hydrogen-bond donors (Lipinski definition) is 2. The van der Waals surface area contributed by atoms with Crippen LogP contribution in [0.5, 0.6) is 0 Å². The van der Waals surface area contributed by atoms with E-state index >= 15 is 0 Å². The first-order valence-electron chi connectivity index (χ1n) is 4.67. The summed E-state index contributed by atoms with van der Waals surface area (Å²) in [6.07, 6.45) is -0.419. The Morgan fingerprint density at radius 2 is 2.12 bits per heavy atom. The van der Waals surface area contributed by atoms with E-state index < -0.39 is 22.1 Å². The third-order valence-corrected chi connectivity index (χ3v) is 2.54. The highest BCUT2D eigenvalue weighted by Gasteiger charge is 2.18. The summed E-state index contributed by atoms with van der Waals surface area (Å²) in [5, 5.41) is 9.56. The van der Waals surface area contributed by atoms with Crippen LogP contribution in [0.25, 0.3) is 0 Å². The molecule has 2 N–H and O–H groups in total. The van der Waals surface area contributed by atoms with Crippen molar-refractivity contribution in [2.24, 2.45) is 0 Å². The summed E-state index contributed by atoms with van der Waals surface area (Å²) in [5.74, 6) is -0.804. The first-order valence-corrected chi connectivity index (χ1v) is 6.56. The van der Waals surface area contributed by atoms with Crippen LogP contribution in [0, 0.1) is 0 Å². The molecular weight excluding hydrogens is 246 g/mol. The van der Waals surface area contributed by atoms with Crippen molar-refractivity contribution in [1.29, 1.82) is 0 Å². The molecule has 0 aliphatic rings. The summed E-state index contributed by atoms with van der Waals surface area (Å²) in [6, 6.07) is 5.89. The minimum Gasteiger partial charge on any atom is -0.467 e. The number of carbonyl (C=O) groups excluding carboxylic acids is 1. The molecule has 0 radical (unpaired) electrons. The lowest BCUT2D eigenvalue weighted by atomic mass is 10.1. The number of nitrogens with one attached hydrogen (secondary N) is 1. The van der Waals surface area contributed by atoms with Crippen molar-refractivity contribution in [1.82, 2.24) is 0 Å². The van der Waals surface area contributed by atoms with Crippen molar-refractivity contribution in [3.8, 4) is 0 Å². The van der Waals surface area contributed by atoms with E-state index in [2.05, 4.69) is 9.46 Å². The Bertz CT molecular complexity index is 511. The minimum atomic E-state index is -3.39. The maximum Gasteiger partial charge on any atom is 0.339 e. The van der Waals surface area contributed by atoms with E-state index in [9.17, 15) is 18.3 Å². The Hall–Kier alpha value is -1.60. The van der Waals surface area contributed by atoms with Gasteiger partial charge in [0, 0.05) is 5.69 Å². The van der Waals surface area contributed by atoms with E-state index in [1.165, 1.54) is 24.3 Å². The fraction of sp³-hybridized carbons (Fsp3) is 0.300. The molecular formula is C10H13NO5S. The van der Waals surface area contributed by atoms with E-state index in [4.69, 9.17) is 0 Å². The SMILES string of the molecule is COC(=O)C(O)c1cccc(NS(C)(=O)=O)c1. The van der Waals surface area contributed by atoms with Crippen LogP contribution in [0.15, 0.2) is 24.3 Å². The fourth-order valence-electron chi connectivity index (χ4n) is 1.23. The molecule has 17 heavy (non-hydrogen) atoms. The van der Waals surface area contributed by atoms with E-state index in [1.807, 2.05) is 0 Å². The molecule has 7 heteroatoms. The molecule has 0 spiro atoms. The van der Waals surface area contributed by atoms with Crippen molar-refractivity contribution in [2.45, 2.75) is 6.10 Å². The topological polar surface area (TPSA) is 92.7 Å². The predicted octanol–water partition coefficient (Wildman–Crippen LogP) is 0.264. The van der Waals surface area contributed by atoms with Crippen LogP contribution in [-0.2, 0) is 19.6 Å². The van der Waals surface area contributed by atoms with E-state index in [1.54, 1.807) is 0 Å². The van der Waals surface area contributed by atoms with Crippen LogP contribution in [0.2, 0.25) is 0 Å². The molecule has 1 aromatic rings. The van der Waals surface area contributed by atoms with Gasteiger partial charge >= 0.3 is 5.97 Å². The lowest BCUT2D eigenvalue weighted by Crippen LogP contribution is -2.14. The molecule has 6 nitrogen and oxygen atoms in total. The number of aliphatic hydroxyl groups is 1. The normalized spacial score (nSPS) is 12.9. The van der Waals surface area contributed by atoms with Gasteiger partial charge in [-0.1, -0.05) is 12.1 Å². The van der Waals surface area contributed by atoms with Crippen molar-refractivity contribution in [2.75, 3.05) is 18.1 Å². The molecule has 0 saturated heterocycles. The zero-order valence-electron chi connectivity index (χ0n) is 9.38. The van der Waals surface area contributed by atoms with E-state index in [0.29, 0.717) is 0 Å². The second kappa shape index (κ2) is 5.15. The maximum absolute atomic E-state index is 11.1. The standard InChI is InChI=1S/C10H13NO5S/c1-16-10(13)9(12)7-4-3-5-8(6-7)11-17(2,14)15/h3-6,9,11-12H,1-2H3. The largest absolute Gasteiger partial charge is 0.467 e. The van der Waals surface area contributed by atoms with Gasteiger partial charge in [-0.3, -0.25) is 4.72 Å². The van der Waals surface area contributed by atoms with Crippen LogP contribution in [0.4, 0.5) is 5.69 Å². The van der Waals surface area contributed by atoms with Crippen molar-refractivity contribution in [3.63, 3.8) is 0 Å². The van der Waals surface area contributed by atoms with Crippen molar-refractivity contribution < 1.29 is 23.1 Å². The first kappa shape index (κ1) is 13.5. The highest BCUT2D eigenvalue weighted by atomic mass is 32.2. The number of esters is 1. The molecule has 0 aromatic heterocycles. The molecule has 1 aromatic carbocycles. The molecule has 1 atom stereocenters. The van der Waals surface area contributed by atoms with Crippen LogP contribution >= 0.6 is 0 Å². The summed E-state index contributed by atoms with van der Waals surface area (Å²) in [4.78, 5) is 11.1. The molecule has 1 rings (SSSR count). The summed E-state index contributed by atoms with van der Waals surface area (Å²) < 4.78 is 28.6. The molecule has 0 aliphatic heterocycles. The third-order valence-electron chi connectivity index (χ3n) is 1.93. The van der Waals surface area contributed by atoms with Gasteiger partial charge in [-0.15, -0.1) is 0 Å². The zero-order valence-corrected chi connectivity index (χ0v) is 10.2. The maximum atomic E-state index is 11.1. The third kappa shape index (κ3) is 4.04. The monoisotopic (exact) mass is 259 g/mol. The number of ether oxygens (including phenoxy) is 1. The fourth-order valence-corrected chi connectivity index (χ4v) is 1.79. The number of benzene rings is 1. The summed E-state index contributed by atoms with van der Waals surface area (Å²) in [5.41, 5.74) is 0.526. The summed E-state index contributed by atoms with van der Waals surface area (Å²) in [6.45, 7) is 0. The Balaban J connectivity index is 2.97. The molecule has 0 bridgehead atoms. The van der Waals surface area contributed by atoms with Crippen LogP contribution in [-0.4, -0.2) is 32.9 Å². The minimum absolute atomic E-state index is 0.255. The number of sulfonamides is 1. The van der Waals surface area contributed by atoms with Crippen LogP contribution in [0.3, 0.4) is 0 Å². The Morgan fingerprint density at radius 3 is 2.65 bits per heavy atom. The smallest absolute Gasteiger partial charge is 0.339 e. The van der Waals surface area contributed by atoms with Gasteiger partial charge in [-0.25, -0.2) is 13.2 Å². The van der Waals surface area contributed by atoms with E-state index in [0.717, 1.165) is 13.4 Å². The number of aliphatic hydroxyl groups excluding tert-OH is 1. The summed E-state index contributed by atoms with van der Waals surface area (Å²) in [7, 11) is -2.24. The molecule has 0 heterocycles. The van der Waals surface area contributed by atoms with E-state index in [-0.39, 0.29) is 11.3 Å². The van der Waals surface area contributed by atoms with Crippen molar-refractivity contribution >= 4 is 21.7 Å². The van der Waals surface area contributed by atoms with Crippen LogP contribution < -0.4 is 4.72 Å². The Morgan fingerprint density at radius 1 is 1.47 bits per heavy atom. The van der Waals surface area contributed by atoms with Crippen LogP contribution in [0.1, 0.15) is 11.7 Å². The lowest BCUT2D eigenvalue weighted by Gasteiger charge is -2.10. The van der Waals surface area contributed by atoms with Gasteiger partial charge in [-0.05, 0) is 17.7 Å². The molecule has 94 valence electrons. The number of carbonyl (C=O) groups is 1. The number of anilines is 1. The Labute approximate surface area is 99.3 Å². The number of methoxy groups -OCH3 is 1. The second-order valence-electron chi connectivity index (χ2n) is 3.43. The zero-order chi connectivity index (χ0) is 13.1. The molecule has 0 aliphatic carbocycles. The van der Waals surface area contributed by atoms with Gasteiger partial charge in [0.05, 0.1) is 13.4 Å². The van der Waals surface area contributed by atoms with Gasteiger partial charge in [0.15, 0.2) is 6.10 Å². The first-order chi connectivity index (χ1) is 7.83. The molecule has 1 unspecified atom stereocenters. The Kier molecular flexibility index (Phi) is 4.08. The number of hydrogen-bond acceptors (Lipinski definition) is 5. The van der Waals surface area contributed by atoms with Gasteiger partial charge in [0.1, 0.15) is 0 Å². The highest BCUT2D eigenvalue weighted by molar-refractivity contribution is 7.92. The van der Waals surface area contributed by atoms with Gasteiger partial charge in [-0.2, -0.15) is 0 Å². The quantitative estimate of drug-likeness (QED) is 0.757. The molecule has 0 saturated carbocycles. The average molecular weight is 259 g/mol. The lowest BCUT2D eigenvalue weighted by molar-refractivity contribution is -0.150. The second-order valence-corrected chi connectivity index (χ2v) is 5.17. The number of rotatable bonds is 4.